The van der Waals surface area contributed by atoms with E-state index in [4.69, 9.17) is 0 Å². The first kappa shape index (κ1) is 14.5. The van der Waals surface area contributed by atoms with E-state index in [2.05, 4.69) is 19.2 Å². The third kappa shape index (κ3) is 2.46. The Hall–Kier alpha value is -0.0900. The molecule has 120 valence electrons. The van der Waals surface area contributed by atoms with E-state index in [9.17, 15) is 8.42 Å². The molecule has 1 saturated heterocycles. The van der Waals surface area contributed by atoms with Gasteiger partial charge in [0.2, 0.25) is 0 Å². The molecule has 2 atom stereocenters. The highest BCUT2D eigenvalue weighted by Crippen LogP contribution is 2.61. The molecule has 21 heavy (non-hydrogen) atoms. The van der Waals surface area contributed by atoms with Gasteiger partial charge in [0.1, 0.15) is 0 Å². The van der Waals surface area contributed by atoms with E-state index in [1.165, 1.54) is 38.5 Å². The molecule has 3 nitrogen and oxygen atoms in total. The Morgan fingerprint density at radius 3 is 2.00 bits per heavy atom. The topological polar surface area (TPSA) is 46.2 Å². The second-order valence-corrected chi connectivity index (χ2v) is 11.2. The molecule has 4 heteroatoms. The number of hydrogen-bond acceptors (Lipinski definition) is 3. The van der Waals surface area contributed by atoms with Gasteiger partial charge in [0.15, 0.2) is 9.84 Å². The first-order chi connectivity index (χ1) is 9.78. The van der Waals surface area contributed by atoms with E-state index in [1.807, 2.05) is 0 Å². The number of nitrogens with one attached hydrogen (secondary N) is 1. The molecule has 0 spiro atoms. The second-order valence-electron chi connectivity index (χ2n) is 9.05. The van der Waals surface area contributed by atoms with Gasteiger partial charge in [0, 0.05) is 11.6 Å². The largest absolute Gasteiger partial charge is 0.307 e. The van der Waals surface area contributed by atoms with Crippen molar-refractivity contribution in [3.8, 4) is 0 Å². The third-order valence-corrected chi connectivity index (χ3v) is 8.98. The van der Waals surface area contributed by atoms with Gasteiger partial charge in [-0.1, -0.05) is 0 Å². The normalized spacial score (nSPS) is 52.2. The fourth-order valence-corrected chi connectivity index (χ4v) is 8.61. The van der Waals surface area contributed by atoms with Gasteiger partial charge in [0.05, 0.1) is 11.5 Å². The Balaban J connectivity index is 1.51. The third-order valence-electron chi connectivity index (χ3n) is 7.07. The van der Waals surface area contributed by atoms with E-state index < -0.39 is 9.84 Å². The minimum Gasteiger partial charge on any atom is -0.307 e. The summed E-state index contributed by atoms with van der Waals surface area (Å²) in [6.07, 6.45) is 9.35. The van der Waals surface area contributed by atoms with E-state index in [0.29, 0.717) is 23.0 Å². The molecule has 4 bridgehead atoms. The molecule has 1 N–H and O–H groups in total. The summed E-state index contributed by atoms with van der Waals surface area (Å²) in [5, 5.41) is 3.79. The lowest BCUT2D eigenvalue weighted by molar-refractivity contribution is -0.0742. The fraction of sp³-hybridized carbons (Fsp3) is 1.00. The lowest BCUT2D eigenvalue weighted by Gasteiger charge is -2.60. The monoisotopic (exact) mass is 311 g/mol. The zero-order valence-corrected chi connectivity index (χ0v) is 14.2. The van der Waals surface area contributed by atoms with Crippen molar-refractivity contribution in [1.29, 1.82) is 0 Å². The van der Waals surface area contributed by atoms with E-state index in [1.54, 1.807) is 0 Å². The zero-order chi connectivity index (χ0) is 14.9. The van der Waals surface area contributed by atoms with Crippen LogP contribution in [0.1, 0.15) is 58.8 Å². The highest BCUT2D eigenvalue weighted by Gasteiger charge is 2.54. The highest BCUT2D eigenvalue weighted by atomic mass is 32.2. The molecule has 5 fully saturated rings. The van der Waals surface area contributed by atoms with Gasteiger partial charge in [-0.25, -0.2) is 8.42 Å². The second kappa shape index (κ2) is 4.47. The van der Waals surface area contributed by atoms with Crippen molar-refractivity contribution in [3.63, 3.8) is 0 Å². The van der Waals surface area contributed by atoms with Crippen molar-refractivity contribution >= 4 is 9.84 Å². The number of rotatable bonds is 3. The van der Waals surface area contributed by atoms with Crippen molar-refractivity contribution in [2.45, 2.75) is 70.4 Å². The van der Waals surface area contributed by atoms with E-state index in [0.717, 1.165) is 24.2 Å². The number of hydrogen-bond donors (Lipinski definition) is 1. The van der Waals surface area contributed by atoms with Crippen LogP contribution in [0.25, 0.3) is 0 Å². The summed E-state index contributed by atoms with van der Waals surface area (Å²) in [5.41, 5.74) is 0.270. The van der Waals surface area contributed by atoms with Crippen LogP contribution in [0.5, 0.6) is 0 Å². The summed E-state index contributed by atoms with van der Waals surface area (Å²) in [7, 11) is -2.82. The maximum Gasteiger partial charge on any atom is 0.152 e. The van der Waals surface area contributed by atoms with Crippen LogP contribution in [0.3, 0.4) is 0 Å². The average molecular weight is 311 g/mol. The predicted octanol–water partition coefficient (Wildman–Crippen LogP) is 2.76. The Labute approximate surface area is 129 Å². The minimum absolute atomic E-state index is 0.193. The molecule has 1 heterocycles. The van der Waals surface area contributed by atoms with Gasteiger partial charge >= 0.3 is 0 Å². The van der Waals surface area contributed by atoms with Crippen LogP contribution in [-0.4, -0.2) is 31.5 Å². The lowest BCUT2D eigenvalue weighted by atomic mass is 9.48. The summed E-state index contributed by atoms with van der Waals surface area (Å²) >= 11 is 0. The Bertz CT molecular complexity index is 506. The fourth-order valence-electron chi connectivity index (χ4n) is 6.51. The van der Waals surface area contributed by atoms with Crippen LogP contribution >= 0.6 is 0 Å². The van der Waals surface area contributed by atoms with Gasteiger partial charge in [-0.3, -0.25) is 0 Å². The van der Waals surface area contributed by atoms with Crippen LogP contribution in [-0.2, 0) is 9.84 Å². The maximum absolute atomic E-state index is 11.8. The van der Waals surface area contributed by atoms with Gasteiger partial charge in [-0.2, -0.15) is 0 Å². The molecule has 5 aliphatic rings. The van der Waals surface area contributed by atoms with Crippen LogP contribution in [0.15, 0.2) is 0 Å². The predicted molar refractivity (Wildman–Crippen MR) is 84.9 cm³/mol. The molecular formula is C17H29NO2S. The molecule has 1 aliphatic heterocycles. The number of sulfone groups is 1. The lowest BCUT2D eigenvalue weighted by Crippen LogP contribution is -2.59. The Morgan fingerprint density at radius 2 is 1.57 bits per heavy atom. The molecule has 0 aromatic carbocycles. The molecule has 4 saturated carbocycles. The van der Waals surface area contributed by atoms with Crippen LogP contribution in [0, 0.1) is 23.2 Å². The van der Waals surface area contributed by atoms with Crippen molar-refractivity contribution in [3.05, 3.63) is 0 Å². The molecular weight excluding hydrogens is 282 g/mol. The quantitative estimate of drug-likeness (QED) is 0.872. The van der Waals surface area contributed by atoms with Crippen LogP contribution in [0.2, 0.25) is 0 Å². The molecule has 2 unspecified atom stereocenters. The molecule has 0 radical (unpaired) electrons. The minimum atomic E-state index is -2.82. The summed E-state index contributed by atoms with van der Waals surface area (Å²) in [6, 6.07) is 0.462. The molecule has 0 aromatic heterocycles. The van der Waals surface area contributed by atoms with Crippen molar-refractivity contribution in [2.24, 2.45) is 23.2 Å². The molecule has 4 aliphatic carbocycles. The highest BCUT2D eigenvalue weighted by molar-refractivity contribution is 7.91. The van der Waals surface area contributed by atoms with Gasteiger partial charge in [0.25, 0.3) is 0 Å². The van der Waals surface area contributed by atoms with Crippen LogP contribution < -0.4 is 5.32 Å². The smallest absolute Gasteiger partial charge is 0.152 e. The summed E-state index contributed by atoms with van der Waals surface area (Å²) in [5.74, 6) is 3.57. The van der Waals surface area contributed by atoms with Crippen molar-refractivity contribution in [2.75, 3.05) is 11.5 Å². The van der Waals surface area contributed by atoms with Gasteiger partial charge in [-0.05, 0) is 82.0 Å². The standard InChI is InChI=1S/C17H29NO2S/c1-12(18-16(2)3-4-21(19,20)11-16)17-8-13-5-14(9-17)7-15(6-13)10-17/h12-15,18H,3-11H2,1-2H3. The molecule has 0 aromatic rings. The summed E-state index contributed by atoms with van der Waals surface area (Å²) in [6.45, 7) is 4.46. The first-order valence-electron chi connectivity index (χ1n) is 8.76. The van der Waals surface area contributed by atoms with E-state index >= 15 is 0 Å². The summed E-state index contributed by atoms with van der Waals surface area (Å²) in [4.78, 5) is 0. The van der Waals surface area contributed by atoms with E-state index in [-0.39, 0.29) is 5.54 Å². The maximum atomic E-state index is 11.8. The average Bonchev–Trinajstić information content (AvgIpc) is 2.61. The van der Waals surface area contributed by atoms with Gasteiger partial charge < -0.3 is 5.32 Å². The summed E-state index contributed by atoms with van der Waals surface area (Å²) < 4.78 is 23.7. The first-order valence-corrected chi connectivity index (χ1v) is 10.6. The van der Waals surface area contributed by atoms with Crippen molar-refractivity contribution < 1.29 is 8.42 Å². The van der Waals surface area contributed by atoms with Crippen LogP contribution in [0.4, 0.5) is 0 Å². The zero-order valence-electron chi connectivity index (χ0n) is 13.4. The Morgan fingerprint density at radius 1 is 1.05 bits per heavy atom. The molecule has 0 amide bonds. The van der Waals surface area contributed by atoms with Crippen molar-refractivity contribution in [1.82, 2.24) is 5.32 Å². The SMILES string of the molecule is CC(NC1(C)CCS(=O)(=O)C1)C12CC3CC(CC(C3)C1)C2. The molecule has 5 rings (SSSR count). The van der Waals surface area contributed by atoms with Gasteiger partial charge in [-0.15, -0.1) is 0 Å². The Kier molecular flexibility index (Phi) is 3.09.